The van der Waals surface area contributed by atoms with Gasteiger partial charge in [0.15, 0.2) is 0 Å². The quantitative estimate of drug-likeness (QED) is 0.296. The molecule has 202 valence electrons. The summed E-state index contributed by atoms with van der Waals surface area (Å²) < 4.78 is 21.5. The van der Waals surface area contributed by atoms with Crippen molar-refractivity contribution in [2.45, 2.75) is 32.5 Å². The number of likely N-dealkylation sites (tertiary alicyclic amines) is 1. The Labute approximate surface area is 232 Å². The molecular weight excluding hydrogens is 530 g/mol. The fraction of sp³-hybridized carbons (Fsp3) is 0.321. The van der Waals surface area contributed by atoms with Crippen molar-refractivity contribution in [3.8, 4) is 5.75 Å². The lowest BCUT2D eigenvalue weighted by Gasteiger charge is -2.29. The number of hydrogen-bond acceptors (Lipinski definition) is 5. The third-order valence-electron chi connectivity index (χ3n) is 6.34. The number of ether oxygens (including phenoxy) is 1. The van der Waals surface area contributed by atoms with E-state index < -0.39 is 35.7 Å². The Hall–Kier alpha value is -3.20. The van der Waals surface area contributed by atoms with Crippen LogP contribution in [0.25, 0.3) is 0 Å². The van der Waals surface area contributed by atoms with Crippen LogP contribution in [0.3, 0.4) is 0 Å². The van der Waals surface area contributed by atoms with Crippen LogP contribution < -0.4 is 15.4 Å². The van der Waals surface area contributed by atoms with Crippen LogP contribution in [-0.4, -0.2) is 47.4 Å². The number of pyridine rings is 1. The molecule has 1 aliphatic rings. The molecule has 0 saturated carbocycles. The van der Waals surface area contributed by atoms with Gasteiger partial charge in [-0.3, -0.25) is 14.5 Å². The monoisotopic (exact) mass is 560 g/mol. The first-order chi connectivity index (χ1) is 18.2. The van der Waals surface area contributed by atoms with E-state index in [2.05, 4.69) is 22.2 Å². The van der Waals surface area contributed by atoms with Crippen LogP contribution in [0, 0.1) is 11.8 Å². The van der Waals surface area contributed by atoms with Crippen LogP contribution in [0.4, 0.5) is 10.2 Å². The minimum absolute atomic E-state index is 0.199. The minimum atomic E-state index is -1.09. The van der Waals surface area contributed by atoms with Gasteiger partial charge in [-0.25, -0.2) is 9.37 Å². The summed E-state index contributed by atoms with van der Waals surface area (Å²) in [5.41, 5.74) is 0.848. The molecule has 0 aliphatic carbocycles. The lowest BCUT2D eigenvalue weighted by molar-refractivity contribution is -0.126. The van der Waals surface area contributed by atoms with Crippen LogP contribution in [0.15, 0.2) is 78.1 Å². The minimum Gasteiger partial charge on any atom is -0.494 e. The number of rotatable bonds is 10. The Bertz CT molecular complexity index is 1240. The standard InChI is InChI=1S/C28H31Cl2FN4O3/c1-5-38-20-11-7-10-19(15-20)16-35-18(3)24(27(36)32-4)25(21(31)12-6-9-17(2)29)26(35)28(37)34-23-14-8-13-22(30)33-23/h6-15,18,24-26H,2,5,16H2,1,3-4H3,(H,32,36)(H,33,34,37)/b9-6-,21-12-/t18?,24-,25?,26?/m1/s1. The highest BCUT2D eigenvalue weighted by atomic mass is 35.5. The lowest BCUT2D eigenvalue weighted by Crippen LogP contribution is -2.44. The van der Waals surface area contributed by atoms with E-state index >= 15 is 4.39 Å². The highest BCUT2D eigenvalue weighted by molar-refractivity contribution is 6.30. The number of allylic oxidation sites excluding steroid dienone is 4. The van der Waals surface area contributed by atoms with E-state index in [0.29, 0.717) is 12.4 Å². The van der Waals surface area contributed by atoms with Crippen LogP contribution in [-0.2, 0) is 16.1 Å². The highest BCUT2D eigenvalue weighted by Gasteiger charge is 2.54. The molecule has 1 aromatic heterocycles. The predicted octanol–water partition coefficient (Wildman–Crippen LogP) is 5.49. The molecule has 3 unspecified atom stereocenters. The van der Waals surface area contributed by atoms with Gasteiger partial charge >= 0.3 is 0 Å². The third-order valence-corrected chi connectivity index (χ3v) is 6.67. The largest absolute Gasteiger partial charge is 0.494 e. The molecule has 1 aromatic carbocycles. The van der Waals surface area contributed by atoms with Crippen molar-refractivity contribution in [3.63, 3.8) is 0 Å². The number of benzene rings is 1. The molecule has 1 aliphatic heterocycles. The number of nitrogens with one attached hydrogen (secondary N) is 2. The van der Waals surface area contributed by atoms with E-state index in [1.54, 1.807) is 18.2 Å². The Morgan fingerprint density at radius 1 is 1.21 bits per heavy atom. The first kappa shape index (κ1) is 29.4. The Morgan fingerprint density at radius 3 is 2.61 bits per heavy atom. The molecule has 1 saturated heterocycles. The van der Waals surface area contributed by atoms with Gasteiger partial charge in [-0.05, 0) is 55.8 Å². The fourth-order valence-electron chi connectivity index (χ4n) is 4.73. The summed E-state index contributed by atoms with van der Waals surface area (Å²) >= 11 is 11.8. The van der Waals surface area contributed by atoms with Crippen molar-refractivity contribution >= 4 is 40.8 Å². The van der Waals surface area contributed by atoms with Crippen molar-refractivity contribution < 1.29 is 18.7 Å². The first-order valence-electron chi connectivity index (χ1n) is 12.2. The van der Waals surface area contributed by atoms with E-state index in [1.165, 1.54) is 25.3 Å². The summed E-state index contributed by atoms with van der Waals surface area (Å²) in [5, 5.41) is 5.79. The second-order valence-electron chi connectivity index (χ2n) is 8.80. The van der Waals surface area contributed by atoms with E-state index in [4.69, 9.17) is 27.9 Å². The summed E-state index contributed by atoms with van der Waals surface area (Å²) in [4.78, 5) is 32.8. The summed E-state index contributed by atoms with van der Waals surface area (Å²) in [6.07, 6.45) is 4.03. The van der Waals surface area contributed by atoms with Crippen molar-refractivity contribution in [3.05, 3.63) is 88.8 Å². The van der Waals surface area contributed by atoms with E-state index in [1.807, 2.05) is 43.0 Å². The molecule has 0 spiro atoms. The SMILES string of the molecule is C=C(Cl)/C=C\C=C(/F)C1C(C(=O)Nc2cccc(Cl)n2)N(Cc2cccc(OCC)c2)C(C)[C@H]1C(=O)NC. The molecule has 2 N–H and O–H groups in total. The van der Waals surface area contributed by atoms with Crippen LogP contribution >= 0.6 is 23.2 Å². The van der Waals surface area contributed by atoms with Gasteiger partial charge in [0, 0.05) is 30.6 Å². The number of halogens is 3. The Kier molecular flexibility index (Phi) is 10.5. The Balaban J connectivity index is 2.08. The number of carbonyl (C=O) groups excluding carboxylic acids is 2. The van der Waals surface area contributed by atoms with Crippen molar-refractivity contribution in [1.82, 2.24) is 15.2 Å². The lowest BCUT2D eigenvalue weighted by atomic mass is 9.85. The summed E-state index contributed by atoms with van der Waals surface area (Å²) in [6.45, 7) is 8.03. The predicted molar refractivity (Wildman–Crippen MR) is 149 cm³/mol. The van der Waals surface area contributed by atoms with Gasteiger partial charge in [0.05, 0.1) is 12.5 Å². The zero-order chi connectivity index (χ0) is 27.8. The molecule has 2 heterocycles. The fourth-order valence-corrected chi connectivity index (χ4v) is 4.97. The smallest absolute Gasteiger partial charge is 0.243 e. The molecule has 10 heteroatoms. The van der Waals surface area contributed by atoms with E-state index in [9.17, 15) is 9.59 Å². The Morgan fingerprint density at radius 2 is 1.95 bits per heavy atom. The van der Waals surface area contributed by atoms with Gasteiger partial charge in [-0.2, -0.15) is 0 Å². The molecule has 0 radical (unpaired) electrons. The second-order valence-corrected chi connectivity index (χ2v) is 9.67. The topological polar surface area (TPSA) is 83.6 Å². The van der Waals surface area contributed by atoms with Crippen LogP contribution in [0.2, 0.25) is 5.15 Å². The van der Waals surface area contributed by atoms with Gasteiger partial charge in [-0.15, -0.1) is 0 Å². The van der Waals surface area contributed by atoms with Gasteiger partial charge < -0.3 is 15.4 Å². The van der Waals surface area contributed by atoms with Gasteiger partial charge in [0.1, 0.15) is 28.6 Å². The first-order valence-corrected chi connectivity index (χ1v) is 12.9. The average molecular weight is 561 g/mol. The number of carbonyl (C=O) groups is 2. The number of anilines is 1. The summed E-state index contributed by atoms with van der Waals surface area (Å²) in [7, 11) is 1.49. The van der Waals surface area contributed by atoms with Crippen molar-refractivity contribution in [2.75, 3.05) is 19.0 Å². The van der Waals surface area contributed by atoms with Crippen molar-refractivity contribution in [1.29, 1.82) is 0 Å². The second kappa shape index (κ2) is 13.6. The number of nitrogens with zero attached hydrogens (tertiary/aromatic N) is 2. The molecule has 2 amide bonds. The molecule has 7 nitrogen and oxygen atoms in total. The van der Waals surface area contributed by atoms with E-state index in [0.717, 1.165) is 5.56 Å². The van der Waals surface area contributed by atoms with Crippen molar-refractivity contribution in [2.24, 2.45) is 11.8 Å². The number of hydrogen-bond donors (Lipinski definition) is 2. The molecule has 38 heavy (non-hydrogen) atoms. The third kappa shape index (κ3) is 7.22. The summed E-state index contributed by atoms with van der Waals surface area (Å²) in [6, 6.07) is 10.7. The molecule has 3 rings (SSSR count). The normalized spacial score (nSPS) is 21.9. The highest BCUT2D eigenvalue weighted by Crippen LogP contribution is 2.42. The maximum atomic E-state index is 15.9. The zero-order valence-corrected chi connectivity index (χ0v) is 23.0. The van der Waals surface area contributed by atoms with Crippen LogP contribution in [0.5, 0.6) is 5.75 Å². The summed E-state index contributed by atoms with van der Waals surface area (Å²) in [5.74, 6) is -2.57. The maximum Gasteiger partial charge on any atom is 0.243 e. The number of amides is 2. The van der Waals surface area contributed by atoms with Crippen LogP contribution in [0.1, 0.15) is 19.4 Å². The molecule has 2 aromatic rings. The van der Waals surface area contributed by atoms with E-state index in [-0.39, 0.29) is 28.5 Å². The molecular formula is C28H31Cl2FN4O3. The molecule has 1 fully saturated rings. The maximum absolute atomic E-state index is 15.9. The zero-order valence-electron chi connectivity index (χ0n) is 21.5. The van der Waals surface area contributed by atoms with Gasteiger partial charge in [0.2, 0.25) is 11.8 Å². The van der Waals surface area contributed by atoms with Gasteiger partial charge in [0.25, 0.3) is 0 Å². The number of aromatic nitrogens is 1. The van der Waals surface area contributed by atoms with Gasteiger partial charge in [-0.1, -0.05) is 54.1 Å². The molecule has 4 atom stereocenters. The molecule has 0 bridgehead atoms. The average Bonchev–Trinajstić information content (AvgIpc) is 3.15.